The van der Waals surface area contributed by atoms with E-state index in [1.54, 1.807) is 4.90 Å². The van der Waals surface area contributed by atoms with Crippen molar-refractivity contribution in [2.75, 3.05) is 11.9 Å². The van der Waals surface area contributed by atoms with Gasteiger partial charge in [0, 0.05) is 24.8 Å². The zero-order valence-electron chi connectivity index (χ0n) is 16.3. The van der Waals surface area contributed by atoms with Crippen LogP contribution in [0.1, 0.15) is 31.6 Å². The molecule has 0 spiro atoms. The van der Waals surface area contributed by atoms with Crippen LogP contribution >= 0.6 is 0 Å². The van der Waals surface area contributed by atoms with Crippen molar-refractivity contribution in [1.82, 2.24) is 14.5 Å². The van der Waals surface area contributed by atoms with E-state index in [9.17, 15) is 18.0 Å². The Bertz CT molecular complexity index is 1060. The van der Waals surface area contributed by atoms with E-state index in [-0.39, 0.29) is 23.5 Å². The predicted octanol–water partition coefficient (Wildman–Crippen LogP) is 5.32. The van der Waals surface area contributed by atoms with Gasteiger partial charge in [-0.2, -0.15) is 0 Å². The molecule has 6 nitrogen and oxygen atoms in total. The van der Waals surface area contributed by atoms with Crippen molar-refractivity contribution < 1.29 is 22.7 Å². The molecule has 1 N–H and O–H groups in total. The molecule has 1 aliphatic rings. The number of rotatable bonds is 4. The number of hydrogen-bond donors (Lipinski definition) is 1. The number of imidazole rings is 1. The highest BCUT2D eigenvalue weighted by Crippen LogP contribution is 2.34. The van der Waals surface area contributed by atoms with Crippen LogP contribution in [0.3, 0.4) is 0 Å². The SMILES string of the molecule is CCn1c(C2CCCN2C(=O)Nc2cccc(OC(F)(F)F)c2)nc2ccccc21. The van der Waals surface area contributed by atoms with Crippen LogP contribution in [0.2, 0.25) is 0 Å². The van der Waals surface area contributed by atoms with E-state index in [4.69, 9.17) is 4.98 Å². The maximum absolute atomic E-state index is 12.9. The van der Waals surface area contributed by atoms with Crippen LogP contribution in [0.4, 0.5) is 23.7 Å². The maximum Gasteiger partial charge on any atom is 0.573 e. The van der Waals surface area contributed by atoms with E-state index in [0.717, 1.165) is 42.3 Å². The fraction of sp³-hybridized carbons (Fsp3) is 0.333. The summed E-state index contributed by atoms with van der Waals surface area (Å²) < 4.78 is 43.4. The Morgan fingerprint density at radius 1 is 1.23 bits per heavy atom. The number of urea groups is 1. The van der Waals surface area contributed by atoms with Crippen LogP contribution < -0.4 is 10.1 Å². The summed E-state index contributed by atoms with van der Waals surface area (Å²) in [6.45, 7) is 3.30. The lowest BCUT2D eigenvalue weighted by atomic mass is 10.2. The van der Waals surface area contributed by atoms with Crippen LogP contribution in [-0.2, 0) is 6.54 Å². The second kappa shape index (κ2) is 7.89. The van der Waals surface area contributed by atoms with Gasteiger partial charge in [0.25, 0.3) is 0 Å². The highest BCUT2D eigenvalue weighted by molar-refractivity contribution is 5.90. The predicted molar refractivity (Wildman–Crippen MR) is 106 cm³/mol. The number of benzene rings is 2. The zero-order chi connectivity index (χ0) is 21.3. The number of amides is 2. The monoisotopic (exact) mass is 418 g/mol. The highest BCUT2D eigenvalue weighted by atomic mass is 19.4. The van der Waals surface area contributed by atoms with Crippen molar-refractivity contribution in [3.05, 3.63) is 54.4 Å². The molecule has 2 heterocycles. The summed E-state index contributed by atoms with van der Waals surface area (Å²) in [4.78, 5) is 19.4. The number of aryl methyl sites for hydroxylation is 1. The first-order valence-corrected chi connectivity index (χ1v) is 9.74. The topological polar surface area (TPSA) is 59.4 Å². The molecule has 3 aromatic rings. The highest BCUT2D eigenvalue weighted by Gasteiger charge is 2.34. The van der Waals surface area contributed by atoms with Gasteiger partial charge in [-0.3, -0.25) is 0 Å². The first kappa shape index (κ1) is 20.1. The van der Waals surface area contributed by atoms with Crippen molar-refractivity contribution in [2.24, 2.45) is 0 Å². The molecule has 1 saturated heterocycles. The molecule has 158 valence electrons. The Morgan fingerprint density at radius 3 is 2.80 bits per heavy atom. The normalized spacial score (nSPS) is 16.8. The van der Waals surface area contributed by atoms with Crippen LogP contribution in [0.25, 0.3) is 11.0 Å². The quantitative estimate of drug-likeness (QED) is 0.624. The largest absolute Gasteiger partial charge is 0.573 e. The van der Waals surface area contributed by atoms with Crippen molar-refractivity contribution in [3.63, 3.8) is 0 Å². The zero-order valence-corrected chi connectivity index (χ0v) is 16.3. The first-order chi connectivity index (χ1) is 14.4. The van der Waals surface area contributed by atoms with Gasteiger partial charge in [-0.15, -0.1) is 13.2 Å². The summed E-state index contributed by atoms with van der Waals surface area (Å²) in [5.74, 6) is 0.437. The van der Waals surface area contributed by atoms with Crippen LogP contribution in [-0.4, -0.2) is 33.4 Å². The Hall–Kier alpha value is -3.23. The third-order valence-electron chi connectivity index (χ3n) is 5.13. The summed E-state index contributed by atoms with van der Waals surface area (Å²) in [5.41, 5.74) is 2.12. The lowest BCUT2D eigenvalue weighted by molar-refractivity contribution is -0.274. The van der Waals surface area contributed by atoms with Crippen molar-refractivity contribution >= 4 is 22.8 Å². The smallest absolute Gasteiger partial charge is 0.406 e. The molecule has 1 unspecified atom stereocenters. The number of alkyl halides is 3. The Kier molecular flexibility index (Phi) is 5.27. The number of carbonyl (C=O) groups is 1. The average Bonchev–Trinajstić information content (AvgIpc) is 3.31. The summed E-state index contributed by atoms with van der Waals surface area (Å²) in [6, 6.07) is 12.5. The molecule has 9 heteroatoms. The summed E-state index contributed by atoms with van der Waals surface area (Å²) in [6.07, 6.45) is -3.20. The third kappa shape index (κ3) is 4.05. The van der Waals surface area contributed by atoms with Gasteiger partial charge in [0.05, 0.1) is 17.1 Å². The van der Waals surface area contributed by atoms with Gasteiger partial charge in [-0.25, -0.2) is 9.78 Å². The lowest BCUT2D eigenvalue weighted by Crippen LogP contribution is -2.35. The van der Waals surface area contributed by atoms with E-state index in [0.29, 0.717) is 6.54 Å². The van der Waals surface area contributed by atoms with Crippen molar-refractivity contribution in [2.45, 2.75) is 38.7 Å². The second-order valence-corrected chi connectivity index (χ2v) is 7.06. The molecule has 1 fully saturated rings. The molecule has 0 saturated carbocycles. The number of halogens is 3. The second-order valence-electron chi connectivity index (χ2n) is 7.06. The van der Waals surface area contributed by atoms with E-state index in [2.05, 4.69) is 14.6 Å². The van der Waals surface area contributed by atoms with E-state index in [1.807, 2.05) is 31.2 Å². The van der Waals surface area contributed by atoms with Gasteiger partial charge >= 0.3 is 12.4 Å². The maximum atomic E-state index is 12.9. The van der Waals surface area contributed by atoms with Gasteiger partial charge < -0.3 is 19.5 Å². The number of nitrogens with zero attached hydrogens (tertiary/aromatic N) is 3. The lowest BCUT2D eigenvalue weighted by Gasteiger charge is -2.25. The van der Waals surface area contributed by atoms with Crippen LogP contribution in [0, 0.1) is 0 Å². The van der Waals surface area contributed by atoms with Gasteiger partial charge in [-0.05, 0) is 44.0 Å². The number of aromatic nitrogens is 2. The fourth-order valence-corrected chi connectivity index (χ4v) is 3.93. The van der Waals surface area contributed by atoms with E-state index in [1.165, 1.54) is 18.2 Å². The molecule has 0 bridgehead atoms. The molecule has 2 aromatic carbocycles. The average molecular weight is 418 g/mol. The minimum Gasteiger partial charge on any atom is -0.406 e. The number of carbonyl (C=O) groups excluding carboxylic acids is 1. The van der Waals surface area contributed by atoms with E-state index < -0.39 is 6.36 Å². The summed E-state index contributed by atoms with van der Waals surface area (Å²) in [5, 5.41) is 2.68. The Labute approximate surface area is 171 Å². The molecule has 30 heavy (non-hydrogen) atoms. The molecule has 2 amide bonds. The van der Waals surface area contributed by atoms with E-state index >= 15 is 0 Å². The Balaban J connectivity index is 1.56. The van der Waals surface area contributed by atoms with Gasteiger partial charge in [0.1, 0.15) is 11.6 Å². The molecule has 1 atom stereocenters. The number of para-hydroxylation sites is 2. The molecule has 1 aliphatic heterocycles. The molecule has 0 radical (unpaired) electrons. The first-order valence-electron chi connectivity index (χ1n) is 9.74. The molecular weight excluding hydrogens is 397 g/mol. The van der Waals surface area contributed by atoms with Gasteiger partial charge in [0.15, 0.2) is 0 Å². The number of ether oxygens (including phenoxy) is 1. The minimum atomic E-state index is -4.79. The summed E-state index contributed by atoms with van der Waals surface area (Å²) >= 11 is 0. The van der Waals surface area contributed by atoms with Gasteiger partial charge in [-0.1, -0.05) is 18.2 Å². The molecule has 4 rings (SSSR count). The van der Waals surface area contributed by atoms with Gasteiger partial charge in [0.2, 0.25) is 0 Å². The molecular formula is C21H21F3N4O2. The fourth-order valence-electron chi connectivity index (χ4n) is 3.93. The third-order valence-corrected chi connectivity index (χ3v) is 5.13. The standard InChI is InChI=1S/C21H21F3N4O2/c1-2-27-17-10-4-3-9-16(17)26-19(27)18-11-6-12-28(18)20(29)25-14-7-5-8-15(13-14)30-21(22,23)24/h3-5,7-10,13,18H,2,6,11-12H2,1H3,(H,25,29). The minimum absolute atomic E-state index is 0.202. The number of anilines is 1. The number of fused-ring (bicyclic) bond motifs is 1. The molecule has 1 aromatic heterocycles. The van der Waals surface area contributed by atoms with Crippen LogP contribution in [0.5, 0.6) is 5.75 Å². The summed E-state index contributed by atoms with van der Waals surface area (Å²) in [7, 11) is 0. The van der Waals surface area contributed by atoms with Crippen molar-refractivity contribution in [1.29, 1.82) is 0 Å². The van der Waals surface area contributed by atoms with Crippen LogP contribution in [0.15, 0.2) is 48.5 Å². The van der Waals surface area contributed by atoms with Crippen molar-refractivity contribution in [3.8, 4) is 5.75 Å². The molecule has 0 aliphatic carbocycles. The number of hydrogen-bond acceptors (Lipinski definition) is 3. The number of nitrogens with one attached hydrogen (secondary N) is 1. The number of likely N-dealkylation sites (tertiary alicyclic amines) is 1. The Morgan fingerprint density at radius 2 is 2.03 bits per heavy atom.